The van der Waals surface area contributed by atoms with Crippen molar-refractivity contribution in [3.63, 3.8) is 0 Å². The lowest BCUT2D eigenvalue weighted by molar-refractivity contribution is -0.137. The van der Waals surface area contributed by atoms with E-state index in [2.05, 4.69) is 46.6 Å². The molecule has 2 N–H and O–H groups in total. The summed E-state index contributed by atoms with van der Waals surface area (Å²) in [5, 5.41) is 13.6. The number of hydrogen-bond donors (Lipinski definition) is 2. The number of ether oxygens (including phenoxy) is 1. The van der Waals surface area contributed by atoms with Crippen LogP contribution >= 0.6 is 11.5 Å². The van der Waals surface area contributed by atoms with Gasteiger partial charge in [-0.05, 0) is 55.2 Å². The quantitative estimate of drug-likeness (QED) is 0.494. The van der Waals surface area contributed by atoms with Gasteiger partial charge in [-0.3, -0.25) is 4.79 Å². The van der Waals surface area contributed by atoms with Gasteiger partial charge < -0.3 is 20.1 Å². The summed E-state index contributed by atoms with van der Waals surface area (Å²) in [7, 11) is 0. The van der Waals surface area contributed by atoms with Crippen LogP contribution < -0.4 is 10.2 Å². The standard InChI is InChI=1S/C24H34N4O3S/c1-15(2)14-28(19-8-10-31-11-9-19)21-7-6-18(16(3)12-22(29)30)13-20(21)25-24-26-23(27-32-24)17-4-5-17/h6-7,13,15-17,19H,4-5,8-12,14H2,1-3H3,(H,29,30)(H,25,26,27). The van der Waals surface area contributed by atoms with Crippen molar-refractivity contribution in [2.24, 2.45) is 5.92 Å². The Morgan fingerprint density at radius 3 is 2.66 bits per heavy atom. The van der Waals surface area contributed by atoms with Crippen molar-refractivity contribution in [2.75, 3.05) is 30.0 Å². The first kappa shape index (κ1) is 23.0. The summed E-state index contributed by atoms with van der Waals surface area (Å²) in [6.07, 6.45) is 4.48. The van der Waals surface area contributed by atoms with Crippen LogP contribution in [-0.4, -0.2) is 46.2 Å². The second kappa shape index (κ2) is 10.2. The molecule has 2 aromatic rings. The van der Waals surface area contributed by atoms with E-state index >= 15 is 0 Å². The SMILES string of the molecule is CC(C)CN(c1ccc(C(C)CC(=O)O)cc1Nc1nc(C2CC2)ns1)C1CCOCC1. The van der Waals surface area contributed by atoms with Crippen LogP contribution in [0.3, 0.4) is 0 Å². The van der Waals surface area contributed by atoms with Crippen LogP contribution in [0.2, 0.25) is 0 Å². The summed E-state index contributed by atoms with van der Waals surface area (Å²) in [4.78, 5) is 18.5. The Kier molecular flexibility index (Phi) is 7.30. The zero-order chi connectivity index (χ0) is 22.7. The van der Waals surface area contributed by atoms with E-state index in [4.69, 9.17) is 9.72 Å². The Morgan fingerprint density at radius 1 is 1.25 bits per heavy atom. The van der Waals surface area contributed by atoms with Crippen LogP contribution in [0.4, 0.5) is 16.5 Å². The lowest BCUT2D eigenvalue weighted by atomic mass is 9.95. The number of rotatable bonds is 10. The number of hydrogen-bond acceptors (Lipinski definition) is 7. The molecule has 7 nitrogen and oxygen atoms in total. The Morgan fingerprint density at radius 2 is 2.00 bits per heavy atom. The normalized spacial score (nSPS) is 18.0. The molecule has 0 amide bonds. The highest BCUT2D eigenvalue weighted by atomic mass is 32.1. The predicted octanol–water partition coefficient (Wildman–Crippen LogP) is 5.38. The van der Waals surface area contributed by atoms with Crippen LogP contribution in [0.1, 0.15) is 76.1 Å². The van der Waals surface area contributed by atoms with Gasteiger partial charge in [-0.25, -0.2) is 4.98 Å². The topological polar surface area (TPSA) is 87.6 Å². The second-order valence-electron chi connectivity index (χ2n) is 9.52. The molecule has 1 unspecified atom stereocenters. The molecule has 2 heterocycles. The predicted molar refractivity (Wildman–Crippen MR) is 128 cm³/mol. The summed E-state index contributed by atoms with van der Waals surface area (Å²) in [6.45, 7) is 8.98. The fourth-order valence-electron chi connectivity index (χ4n) is 4.33. The molecule has 1 saturated heterocycles. The van der Waals surface area contributed by atoms with Gasteiger partial charge in [0.1, 0.15) is 5.82 Å². The molecule has 0 bridgehead atoms. The van der Waals surface area contributed by atoms with Gasteiger partial charge in [-0.2, -0.15) is 4.37 Å². The summed E-state index contributed by atoms with van der Waals surface area (Å²) in [6, 6.07) is 6.76. The number of aliphatic carboxylic acids is 1. The summed E-state index contributed by atoms with van der Waals surface area (Å²) in [5.74, 6) is 1.12. The van der Waals surface area contributed by atoms with Crippen molar-refractivity contribution in [3.05, 3.63) is 29.6 Å². The molecule has 0 spiro atoms. The lowest BCUT2D eigenvalue weighted by Crippen LogP contribution is -2.42. The van der Waals surface area contributed by atoms with Gasteiger partial charge in [0.2, 0.25) is 5.13 Å². The maximum absolute atomic E-state index is 11.3. The first-order valence-corrected chi connectivity index (χ1v) is 12.5. The van der Waals surface area contributed by atoms with Gasteiger partial charge in [0.25, 0.3) is 0 Å². The second-order valence-corrected chi connectivity index (χ2v) is 10.3. The highest BCUT2D eigenvalue weighted by Gasteiger charge is 2.29. The largest absolute Gasteiger partial charge is 0.481 e. The van der Waals surface area contributed by atoms with Crippen molar-refractivity contribution in [1.82, 2.24) is 9.36 Å². The zero-order valence-corrected chi connectivity index (χ0v) is 20.0. The highest BCUT2D eigenvalue weighted by molar-refractivity contribution is 7.09. The number of carboxylic acids is 1. The molecular formula is C24H34N4O3S. The van der Waals surface area contributed by atoms with Crippen molar-refractivity contribution in [1.29, 1.82) is 0 Å². The summed E-state index contributed by atoms with van der Waals surface area (Å²) in [5.41, 5.74) is 3.13. The van der Waals surface area contributed by atoms with Crippen molar-refractivity contribution < 1.29 is 14.6 Å². The Bertz CT molecular complexity index is 922. The van der Waals surface area contributed by atoms with Gasteiger partial charge in [0.05, 0.1) is 17.8 Å². The van der Waals surface area contributed by atoms with E-state index < -0.39 is 5.97 Å². The minimum atomic E-state index is -0.780. The maximum Gasteiger partial charge on any atom is 0.303 e. The number of aromatic nitrogens is 2. The fourth-order valence-corrected chi connectivity index (χ4v) is 4.99. The summed E-state index contributed by atoms with van der Waals surface area (Å²) < 4.78 is 10.2. The molecule has 1 aromatic heterocycles. The molecule has 1 aliphatic carbocycles. The van der Waals surface area contributed by atoms with Crippen LogP contribution in [0, 0.1) is 5.92 Å². The lowest BCUT2D eigenvalue weighted by Gasteiger charge is -2.38. The molecule has 0 radical (unpaired) electrons. The van der Waals surface area contributed by atoms with Gasteiger partial charge in [0.15, 0.2) is 0 Å². The molecule has 1 aliphatic heterocycles. The van der Waals surface area contributed by atoms with Crippen LogP contribution in [0.15, 0.2) is 18.2 Å². The number of carboxylic acid groups (broad SMARTS) is 1. The molecular weight excluding hydrogens is 424 g/mol. The molecule has 1 atom stereocenters. The van der Waals surface area contributed by atoms with Crippen molar-refractivity contribution >= 4 is 34.0 Å². The zero-order valence-electron chi connectivity index (χ0n) is 19.2. The van der Waals surface area contributed by atoms with Gasteiger partial charge >= 0.3 is 5.97 Å². The van der Waals surface area contributed by atoms with Crippen LogP contribution in [0.25, 0.3) is 0 Å². The third-order valence-corrected chi connectivity index (χ3v) is 6.84. The monoisotopic (exact) mass is 458 g/mol. The molecule has 174 valence electrons. The third kappa shape index (κ3) is 5.78. The minimum absolute atomic E-state index is 0.0693. The highest BCUT2D eigenvalue weighted by Crippen LogP contribution is 2.41. The van der Waals surface area contributed by atoms with E-state index in [-0.39, 0.29) is 12.3 Å². The molecule has 2 fully saturated rings. The third-order valence-electron chi connectivity index (χ3n) is 6.20. The van der Waals surface area contributed by atoms with E-state index in [0.29, 0.717) is 17.9 Å². The number of carbonyl (C=O) groups is 1. The molecule has 32 heavy (non-hydrogen) atoms. The number of nitrogens with one attached hydrogen (secondary N) is 1. The van der Waals surface area contributed by atoms with Crippen LogP contribution in [-0.2, 0) is 9.53 Å². The molecule has 2 aliphatic rings. The van der Waals surface area contributed by atoms with E-state index in [1.54, 1.807) is 0 Å². The van der Waals surface area contributed by atoms with E-state index in [0.717, 1.165) is 60.5 Å². The van der Waals surface area contributed by atoms with E-state index in [9.17, 15) is 9.90 Å². The average Bonchev–Trinajstić information content (AvgIpc) is 3.51. The smallest absolute Gasteiger partial charge is 0.303 e. The maximum atomic E-state index is 11.3. The summed E-state index contributed by atoms with van der Waals surface area (Å²) >= 11 is 1.40. The Labute approximate surface area is 194 Å². The molecule has 4 rings (SSSR count). The minimum Gasteiger partial charge on any atom is -0.481 e. The van der Waals surface area contributed by atoms with Crippen molar-refractivity contribution in [2.45, 2.75) is 70.8 Å². The van der Waals surface area contributed by atoms with Crippen molar-refractivity contribution in [3.8, 4) is 0 Å². The molecule has 1 aromatic carbocycles. The Hall–Kier alpha value is -2.19. The van der Waals surface area contributed by atoms with Gasteiger partial charge in [-0.15, -0.1) is 0 Å². The average molecular weight is 459 g/mol. The number of anilines is 3. The van der Waals surface area contributed by atoms with Crippen LogP contribution in [0.5, 0.6) is 0 Å². The first-order valence-electron chi connectivity index (χ1n) is 11.7. The van der Waals surface area contributed by atoms with Gasteiger partial charge in [0, 0.05) is 43.3 Å². The van der Waals surface area contributed by atoms with E-state index in [1.807, 2.05) is 6.92 Å². The fraction of sp³-hybridized carbons (Fsp3) is 0.625. The number of benzene rings is 1. The van der Waals surface area contributed by atoms with Gasteiger partial charge in [-0.1, -0.05) is 26.8 Å². The first-order chi connectivity index (χ1) is 15.4. The Balaban J connectivity index is 1.68. The number of nitrogens with zero attached hydrogens (tertiary/aromatic N) is 3. The van der Waals surface area contributed by atoms with E-state index in [1.165, 1.54) is 24.4 Å². The molecule has 8 heteroatoms. The molecule has 1 saturated carbocycles.